The summed E-state index contributed by atoms with van der Waals surface area (Å²) in [6.07, 6.45) is 1.75. The zero-order valence-electron chi connectivity index (χ0n) is 10.4. The van der Waals surface area contributed by atoms with Crippen LogP contribution in [0.5, 0.6) is 0 Å². The van der Waals surface area contributed by atoms with Gasteiger partial charge in [-0.15, -0.1) is 0 Å². The number of epoxide rings is 1. The summed E-state index contributed by atoms with van der Waals surface area (Å²) in [4.78, 5) is 11.7. The summed E-state index contributed by atoms with van der Waals surface area (Å²) in [6, 6.07) is 0. The van der Waals surface area contributed by atoms with E-state index in [9.17, 15) is 4.79 Å². The molecule has 0 radical (unpaired) electrons. The van der Waals surface area contributed by atoms with Gasteiger partial charge in [0.25, 0.3) is 0 Å². The highest BCUT2D eigenvalue weighted by atomic mass is 16.7. The Labute approximate surface area is 96.2 Å². The van der Waals surface area contributed by atoms with Gasteiger partial charge in [0.15, 0.2) is 5.60 Å². The Morgan fingerprint density at radius 2 is 2.19 bits per heavy atom. The molecule has 2 fully saturated rings. The van der Waals surface area contributed by atoms with Gasteiger partial charge >= 0.3 is 5.97 Å². The molecule has 0 aromatic rings. The minimum absolute atomic E-state index is 0.181. The summed E-state index contributed by atoms with van der Waals surface area (Å²) < 4.78 is 16.2. The van der Waals surface area contributed by atoms with Crippen molar-refractivity contribution in [2.24, 2.45) is 5.92 Å². The monoisotopic (exact) mass is 228 g/mol. The molecular formula is C12H20O4. The van der Waals surface area contributed by atoms with Crippen molar-refractivity contribution < 1.29 is 19.0 Å². The Bertz CT molecular complexity index is 301. The number of ether oxygens (including phenoxy) is 3. The van der Waals surface area contributed by atoms with Crippen LogP contribution in [0.3, 0.4) is 0 Å². The Morgan fingerprint density at radius 1 is 1.50 bits per heavy atom. The number of carbonyl (C=O) groups excluding carboxylic acids is 1. The van der Waals surface area contributed by atoms with Gasteiger partial charge < -0.3 is 14.2 Å². The number of carbonyl (C=O) groups is 1. The zero-order valence-corrected chi connectivity index (χ0v) is 10.4. The smallest absolute Gasteiger partial charge is 0.340 e. The lowest BCUT2D eigenvalue weighted by Gasteiger charge is -2.31. The standard InChI is InChI=1S/C12H20O4/c1-8(2)9-7-12(5-6-15-9)11(3,16-12)10(13)14-4/h8-9H,5-7H2,1-4H3. The maximum atomic E-state index is 11.7. The van der Waals surface area contributed by atoms with E-state index in [1.807, 2.05) is 6.92 Å². The molecule has 0 saturated carbocycles. The topological polar surface area (TPSA) is 48.1 Å². The average molecular weight is 228 g/mol. The predicted molar refractivity (Wildman–Crippen MR) is 58.0 cm³/mol. The minimum Gasteiger partial charge on any atom is -0.467 e. The molecule has 2 rings (SSSR count). The van der Waals surface area contributed by atoms with E-state index in [1.54, 1.807) is 0 Å². The van der Waals surface area contributed by atoms with Crippen LogP contribution in [0.1, 0.15) is 33.6 Å². The van der Waals surface area contributed by atoms with Gasteiger partial charge in [0.1, 0.15) is 5.60 Å². The summed E-state index contributed by atoms with van der Waals surface area (Å²) >= 11 is 0. The first-order valence-corrected chi connectivity index (χ1v) is 5.85. The number of rotatable bonds is 2. The molecule has 0 amide bonds. The first-order chi connectivity index (χ1) is 7.45. The largest absolute Gasteiger partial charge is 0.467 e. The van der Waals surface area contributed by atoms with Gasteiger partial charge in [-0.3, -0.25) is 0 Å². The molecule has 3 atom stereocenters. The van der Waals surface area contributed by atoms with E-state index in [1.165, 1.54) is 7.11 Å². The average Bonchev–Trinajstić information content (AvgIpc) is 2.83. The van der Waals surface area contributed by atoms with Crippen LogP contribution in [0, 0.1) is 5.92 Å². The zero-order chi connectivity index (χ0) is 12.0. The second kappa shape index (κ2) is 3.70. The highest BCUT2D eigenvalue weighted by Gasteiger charge is 2.73. The SMILES string of the molecule is COC(=O)C1(C)OC12CCOC(C(C)C)C2. The quantitative estimate of drug-likeness (QED) is 0.531. The van der Waals surface area contributed by atoms with Gasteiger partial charge in [-0.25, -0.2) is 4.79 Å². The second-order valence-corrected chi connectivity index (χ2v) is 5.23. The third-order valence-corrected chi connectivity index (χ3v) is 3.91. The Hall–Kier alpha value is -0.610. The van der Waals surface area contributed by atoms with Crippen LogP contribution in [0.2, 0.25) is 0 Å². The lowest BCUT2D eigenvalue weighted by atomic mass is 9.82. The highest BCUT2D eigenvalue weighted by molar-refractivity contribution is 5.84. The number of hydrogen-bond donors (Lipinski definition) is 0. The van der Waals surface area contributed by atoms with Crippen molar-refractivity contribution in [1.82, 2.24) is 0 Å². The molecule has 0 aliphatic carbocycles. The summed E-state index contributed by atoms with van der Waals surface area (Å²) in [7, 11) is 1.40. The number of hydrogen-bond acceptors (Lipinski definition) is 4. The first kappa shape index (κ1) is 11.9. The van der Waals surface area contributed by atoms with Crippen LogP contribution >= 0.6 is 0 Å². The lowest BCUT2D eigenvalue weighted by Crippen LogP contribution is -2.41. The Morgan fingerprint density at radius 3 is 2.75 bits per heavy atom. The minimum atomic E-state index is -0.751. The van der Waals surface area contributed by atoms with Crippen molar-refractivity contribution in [3.05, 3.63) is 0 Å². The van der Waals surface area contributed by atoms with Crippen LogP contribution in [-0.4, -0.2) is 37.0 Å². The maximum Gasteiger partial charge on any atom is 0.340 e. The molecule has 0 bridgehead atoms. The van der Waals surface area contributed by atoms with E-state index < -0.39 is 5.60 Å². The number of methoxy groups -OCH3 is 1. The molecule has 2 aliphatic heterocycles. The van der Waals surface area contributed by atoms with Crippen LogP contribution < -0.4 is 0 Å². The summed E-state index contributed by atoms with van der Waals surface area (Å²) in [5, 5.41) is 0. The van der Waals surface area contributed by atoms with Crippen molar-refractivity contribution in [1.29, 1.82) is 0 Å². The molecule has 2 heterocycles. The molecule has 16 heavy (non-hydrogen) atoms. The first-order valence-electron chi connectivity index (χ1n) is 5.85. The second-order valence-electron chi connectivity index (χ2n) is 5.23. The van der Waals surface area contributed by atoms with Crippen molar-refractivity contribution >= 4 is 5.97 Å². The van der Waals surface area contributed by atoms with Gasteiger partial charge in [-0.1, -0.05) is 13.8 Å². The molecule has 0 aromatic carbocycles. The molecule has 3 unspecified atom stereocenters. The fourth-order valence-electron chi connectivity index (χ4n) is 2.60. The molecule has 4 nitrogen and oxygen atoms in total. The van der Waals surface area contributed by atoms with Crippen LogP contribution in [0.25, 0.3) is 0 Å². The predicted octanol–water partition coefficient (Wildman–Crippen LogP) is 1.52. The van der Waals surface area contributed by atoms with Crippen molar-refractivity contribution in [3.8, 4) is 0 Å². The van der Waals surface area contributed by atoms with E-state index in [4.69, 9.17) is 14.2 Å². The fraction of sp³-hybridized carbons (Fsp3) is 0.917. The van der Waals surface area contributed by atoms with Crippen molar-refractivity contribution in [2.45, 2.75) is 50.9 Å². The molecular weight excluding hydrogens is 208 g/mol. The van der Waals surface area contributed by atoms with Gasteiger partial charge in [0.05, 0.1) is 13.2 Å². The molecule has 2 saturated heterocycles. The van der Waals surface area contributed by atoms with Crippen LogP contribution in [0.15, 0.2) is 0 Å². The number of esters is 1. The maximum absolute atomic E-state index is 11.7. The van der Waals surface area contributed by atoms with Crippen molar-refractivity contribution in [3.63, 3.8) is 0 Å². The molecule has 0 N–H and O–H groups in total. The Kier molecular flexibility index (Phi) is 2.75. The summed E-state index contributed by atoms with van der Waals surface area (Å²) in [6.45, 7) is 6.74. The lowest BCUT2D eigenvalue weighted by molar-refractivity contribution is -0.146. The van der Waals surface area contributed by atoms with Crippen molar-refractivity contribution in [2.75, 3.05) is 13.7 Å². The molecule has 2 aliphatic rings. The normalized spacial score (nSPS) is 42.4. The van der Waals surface area contributed by atoms with Gasteiger partial charge in [-0.2, -0.15) is 0 Å². The Balaban J connectivity index is 2.09. The van der Waals surface area contributed by atoms with E-state index >= 15 is 0 Å². The summed E-state index contributed by atoms with van der Waals surface area (Å²) in [5.41, 5.74) is -1.09. The van der Waals surface area contributed by atoms with Crippen LogP contribution in [0.4, 0.5) is 0 Å². The molecule has 1 spiro atoms. The van der Waals surface area contributed by atoms with Gasteiger partial charge in [-0.05, 0) is 12.8 Å². The van der Waals surface area contributed by atoms with E-state index in [0.717, 1.165) is 12.8 Å². The highest BCUT2D eigenvalue weighted by Crippen LogP contribution is 2.56. The van der Waals surface area contributed by atoms with E-state index in [2.05, 4.69) is 13.8 Å². The van der Waals surface area contributed by atoms with Gasteiger partial charge in [0, 0.05) is 19.4 Å². The molecule has 92 valence electrons. The fourth-order valence-corrected chi connectivity index (χ4v) is 2.60. The third-order valence-electron chi connectivity index (χ3n) is 3.91. The third kappa shape index (κ3) is 1.55. The van der Waals surface area contributed by atoms with E-state index in [0.29, 0.717) is 12.5 Å². The molecule has 0 aromatic heterocycles. The molecule has 4 heteroatoms. The van der Waals surface area contributed by atoms with E-state index in [-0.39, 0.29) is 17.7 Å². The van der Waals surface area contributed by atoms with Crippen LogP contribution in [-0.2, 0) is 19.0 Å². The van der Waals surface area contributed by atoms with Gasteiger partial charge in [0.2, 0.25) is 0 Å². The summed E-state index contributed by atoms with van der Waals surface area (Å²) in [5.74, 6) is 0.181.